The second kappa shape index (κ2) is 6.12. The van der Waals surface area contributed by atoms with Crippen LogP contribution in [0.2, 0.25) is 10.0 Å². The Labute approximate surface area is 121 Å². The molecule has 0 aromatic heterocycles. The van der Waals surface area contributed by atoms with E-state index in [-0.39, 0.29) is 5.84 Å². The third kappa shape index (κ3) is 3.52. The molecule has 0 heterocycles. The van der Waals surface area contributed by atoms with Gasteiger partial charge in [0.15, 0.2) is 5.84 Å². The molecule has 1 amide bonds. The third-order valence-electron chi connectivity index (χ3n) is 3.00. The first-order chi connectivity index (χ1) is 8.83. The summed E-state index contributed by atoms with van der Waals surface area (Å²) in [5.74, 6) is -0.552. The highest BCUT2D eigenvalue weighted by molar-refractivity contribution is 6.35. The van der Waals surface area contributed by atoms with E-state index in [4.69, 9.17) is 34.1 Å². The van der Waals surface area contributed by atoms with Gasteiger partial charge in [-0.3, -0.25) is 4.79 Å². The van der Waals surface area contributed by atoms with E-state index in [0.29, 0.717) is 22.2 Å². The molecule has 104 valence electrons. The molecular weight excluding hydrogens is 289 g/mol. The van der Waals surface area contributed by atoms with Crippen LogP contribution in [0.1, 0.15) is 20.3 Å². The lowest BCUT2D eigenvalue weighted by Crippen LogP contribution is -2.44. The Bertz CT molecular complexity index is 499. The number of rotatable bonds is 4. The maximum absolute atomic E-state index is 12.2. The van der Waals surface area contributed by atoms with Gasteiger partial charge in [-0.25, -0.2) is 0 Å². The quantitative estimate of drug-likeness (QED) is 0.346. The van der Waals surface area contributed by atoms with E-state index in [0.717, 1.165) is 0 Å². The van der Waals surface area contributed by atoms with Crippen LogP contribution >= 0.6 is 23.2 Å². The minimum atomic E-state index is -1.11. The van der Waals surface area contributed by atoms with Crippen LogP contribution in [0, 0.1) is 5.41 Å². The number of carbonyl (C=O) groups excluding carboxylic acids is 1. The molecule has 1 atom stereocenters. The fourth-order valence-electron chi connectivity index (χ4n) is 1.46. The van der Waals surface area contributed by atoms with Crippen molar-refractivity contribution >= 4 is 40.6 Å². The number of benzene rings is 1. The second-order valence-electron chi connectivity index (χ2n) is 4.28. The highest BCUT2D eigenvalue weighted by Gasteiger charge is 2.36. The summed E-state index contributed by atoms with van der Waals surface area (Å²) in [6.45, 7) is 3.35. The maximum atomic E-state index is 12.2. The SMILES string of the molecule is CCC(C)(C(=O)Nc1cc(Cl)cc(Cl)c1)/C(N)=N/O. The molecular formula is C12H15Cl2N3O2. The van der Waals surface area contributed by atoms with Gasteiger partial charge < -0.3 is 16.3 Å². The summed E-state index contributed by atoms with van der Waals surface area (Å²) in [4.78, 5) is 12.2. The van der Waals surface area contributed by atoms with Crippen molar-refractivity contribution in [3.05, 3.63) is 28.2 Å². The predicted molar refractivity (Wildman–Crippen MR) is 76.9 cm³/mol. The van der Waals surface area contributed by atoms with Crippen molar-refractivity contribution in [2.45, 2.75) is 20.3 Å². The summed E-state index contributed by atoms with van der Waals surface area (Å²) in [6.07, 6.45) is 0.378. The molecule has 0 saturated carbocycles. The van der Waals surface area contributed by atoms with Crippen LogP contribution in [0.15, 0.2) is 23.4 Å². The topological polar surface area (TPSA) is 87.7 Å². The van der Waals surface area contributed by atoms with Crippen LogP contribution < -0.4 is 11.1 Å². The van der Waals surface area contributed by atoms with E-state index in [2.05, 4.69) is 10.5 Å². The van der Waals surface area contributed by atoms with Crippen molar-refractivity contribution in [3.8, 4) is 0 Å². The molecule has 1 aromatic carbocycles. The van der Waals surface area contributed by atoms with E-state index in [1.165, 1.54) is 0 Å². The lowest BCUT2D eigenvalue weighted by Gasteiger charge is -2.25. The highest BCUT2D eigenvalue weighted by atomic mass is 35.5. The number of hydrogen-bond donors (Lipinski definition) is 3. The van der Waals surface area contributed by atoms with Crippen LogP contribution in [-0.2, 0) is 4.79 Å². The Morgan fingerprint density at radius 3 is 2.37 bits per heavy atom. The largest absolute Gasteiger partial charge is 0.409 e. The lowest BCUT2D eigenvalue weighted by molar-refractivity contribution is -0.121. The summed E-state index contributed by atoms with van der Waals surface area (Å²) >= 11 is 11.7. The molecule has 19 heavy (non-hydrogen) atoms. The van der Waals surface area contributed by atoms with Crippen LogP contribution in [0.3, 0.4) is 0 Å². The molecule has 1 unspecified atom stereocenters. The highest BCUT2D eigenvalue weighted by Crippen LogP contribution is 2.27. The summed E-state index contributed by atoms with van der Waals surface area (Å²) in [7, 11) is 0. The third-order valence-corrected chi connectivity index (χ3v) is 3.44. The van der Waals surface area contributed by atoms with Crippen molar-refractivity contribution in [1.82, 2.24) is 0 Å². The molecule has 0 saturated heterocycles. The van der Waals surface area contributed by atoms with Crippen LogP contribution in [0.4, 0.5) is 5.69 Å². The molecule has 0 aliphatic carbocycles. The van der Waals surface area contributed by atoms with E-state index in [1.807, 2.05) is 0 Å². The minimum Gasteiger partial charge on any atom is -0.409 e. The fourth-order valence-corrected chi connectivity index (χ4v) is 1.99. The van der Waals surface area contributed by atoms with E-state index in [1.54, 1.807) is 32.0 Å². The van der Waals surface area contributed by atoms with E-state index in [9.17, 15) is 4.79 Å². The van der Waals surface area contributed by atoms with Crippen molar-refractivity contribution in [2.24, 2.45) is 16.3 Å². The van der Waals surface area contributed by atoms with Crippen molar-refractivity contribution in [3.63, 3.8) is 0 Å². The van der Waals surface area contributed by atoms with Gasteiger partial charge in [-0.05, 0) is 31.5 Å². The van der Waals surface area contributed by atoms with E-state index < -0.39 is 11.3 Å². The molecule has 5 nitrogen and oxygen atoms in total. The zero-order valence-electron chi connectivity index (χ0n) is 10.6. The Kier molecular flexibility index (Phi) is 5.03. The second-order valence-corrected chi connectivity index (χ2v) is 5.16. The van der Waals surface area contributed by atoms with Crippen LogP contribution in [0.5, 0.6) is 0 Å². The van der Waals surface area contributed by atoms with Crippen molar-refractivity contribution < 1.29 is 10.0 Å². The molecule has 0 bridgehead atoms. The van der Waals surface area contributed by atoms with Gasteiger partial charge in [-0.15, -0.1) is 0 Å². The Morgan fingerprint density at radius 2 is 1.95 bits per heavy atom. The average molecular weight is 304 g/mol. The molecule has 0 spiro atoms. The van der Waals surface area contributed by atoms with Gasteiger partial charge in [0.05, 0.1) is 0 Å². The van der Waals surface area contributed by atoms with Crippen molar-refractivity contribution in [1.29, 1.82) is 0 Å². The molecule has 0 fully saturated rings. The van der Waals surface area contributed by atoms with Gasteiger partial charge in [-0.1, -0.05) is 35.3 Å². The molecule has 0 aliphatic rings. The average Bonchev–Trinajstić information content (AvgIpc) is 2.35. The van der Waals surface area contributed by atoms with Gasteiger partial charge in [0.25, 0.3) is 0 Å². The van der Waals surface area contributed by atoms with Crippen LogP contribution in [-0.4, -0.2) is 17.0 Å². The Morgan fingerprint density at radius 1 is 1.42 bits per heavy atom. The van der Waals surface area contributed by atoms with Gasteiger partial charge in [0, 0.05) is 15.7 Å². The monoisotopic (exact) mass is 303 g/mol. The van der Waals surface area contributed by atoms with Gasteiger partial charge in [-0.2, -0.15) is 0 Å². The molecule has 1 aromatic rings. The number of oxime groups is 1. The Hall–Kier alpha value is -1.46. The number of halogens is 2. The number of carbonyl (C=O) groups is 1. The standard InChI is InChI=1S/C12H15Cl2N3O2/c1-3-12(2,10(15)17-19)11(18)16-9-5-7(13)4-8(14)6-9/h4-6,19H,3H2,1-2H3,(H2,15,17)(H,16,18). The van der Waals surface area contributed by atoms with E-state index >= 15 is 0 Å². The van der Waals surface area contributed by atoms with Crippen molar-refractivity contribution in [2.75, 3.05) is 5.32 Å². The fraction of sp³-hybridized carbons (Fsp3) is 0.333. The predicted octanol–water partition coefficient (Wildman–Crippen LogP) is 3.09. The molecule has 4 N–H and O–H groups in total. The number of nitrogens with one attached hydrogen (secondary N) is 1. The number of anilines is 1. The smallest absolute Gasteiger partial charge is 0.238 e. The summed E-state index contributed by atoms with van der Waals surface area (Å²) in [5, 5.41) is 15.1. The molecule has 0 aliphatic heterocycles. The zero-order valence-corrected chi connectivity index (χ0v) is 12.1. The lowest BCUT2D eigenvalue weighted by atomic mass is 9.85. The first-order valence-corrected chi connectivity index (χ1v) is 6.34. The first kappa shape index (κ1) is 15.6. The maximum Gasteiger partial charge on any atom is 0.238 e. The summed E-state index contributed by atoms with van der Waals surface area (Å²) in [6, 6.07) is 4.68. The molecule has 0 radical (unpaired) electrons. The summed E-state index contributed by atoms with van der Waals surface area (Å²) < 4.78 is 0. The minimum absolute atomic E-state index is 0.152. The van der Waals surface area contributed by atoms with Gasteiger partial charge in [0.2, 0.25) is 5.91 Å². The number of amidine groups is 1. The normalized spacial score (nSPS) is 14.8. The number of amides is 1. The first-order valence-electron chi connectivity index (χ1n) is 5.59. The number of nitrogens with two attached hydrogens (primary N) is 1. The zero-order chi connectivity index (χ0) is 14.6. The number of nitrogens with zero attached hydrogens (tertiary/aromatic N) is 1. The van der Waals surface area contributed by atoms with Gasteiger partial charge >= 0.3 is 0 Å². The Balaban J connectivity index is 3.01. The summed E-state index contributed by atoms with van der Waals surface area (Å²) in [5.41, 5.74) is 4.91. The van der Waals surface area contributed by atoms with Crippen LogP contribution in [0.25, 0.3) is 0 Å². The number of hydrogen-bond acceptors (Lipinski definition) is 3. The molecule has 7 heteroatoms. The van der Waals surface area contributed by atoms with Gasteiger partial charge in [0.1, 0.15) is 5.41 Å². The molecule has 1 rings (SSSR count).